The first kappa shape index (κ1) is 17.9. The maximum atomic E-state index is 13.1. The van der Waals surface area contributed by atoms with E-state index in [1.54, 1.807) is 66.7 Å². The fraction of sp³-hybridized carbons (Fsp3) is 0.105. The van der Waals surface area contributed by atoms with Gasteiger partial charge in [-0.15, -0.1) is 11.3 Å². The summed E-state index contributed by atoms with van der Waals surface area (Å²) in [7, 11) is -3.67. The highest BCUT2D eigenvalue weighted by Gasteiger charge is 2.32. The first-order valence-electron chi connectivity index (χ1n) is 7.59. The molecule has 0 aliphatic heterocycles. The molecule has 1 aromatic heterocycles. The van der Waals surface area contributed by atoms with E-state index in [2.05, 4.69) is 0 Å². The molecule has 3 aromatic rings. The van der Waals surface area contributed by atoms with Gasteiger partial charge in [-0.1, -0.05) is 35.9 Å². The molecule has 0 radical (unpaired) electrons. The average molecular weight is 391 g/mol. The number of halogens is 1. The van der Waals surface area contributed by atoms with E-state index in [1.807, 2.05) is 5.38 Å². The lowest BCUT2D eigenvalue weighted by molar-refractivity contribution is 0.0981. The maximum absolute atomic E-state index is 13.1. The number of rotatable bonds is 6. The molecule has 3 nitrogen and oxygen atoms in total. The van der Waals surface area contributed by atoms with Crippen molar-refractivity contribution in [1.29, 1.82) is 0 Å². The van der Waals surface area contributed by atoms with Crippen LogP contribution in [-0.2, 0) is 9.84 Å². The second-order valence-electron chi connectivity index (χ2n) is 5.50. The number of carbonyl (C=O) groups is 1. The Morgan fingerprint density at radius 3 is 2.24 bits per heavy atom. The van der Waals surface area contributed by atoms with Crippen LogP contribution in [0.25, 0.3) is 0 Å². The molecule has 0 N–H and O–H groups in total. The maximum Gasteiger partial charge on any atom is 0.186 e. The summed E-state index contributed by atoms with van der Waals surface area (Å²) in [5.74, 6) is -0.227. The van der Waals surface area contributed by atoms with Crippen molar-refractivity contribution in [3.63, 3.8) is 0 Å². The summed E-state index contributed by atoms with van der Waals surface area (Å²) in [5, 5.41) is 1.44. The van der Waals surface area contributed by atoms with E-state index in [-0.39, 0.29) is 17.1 Å². The lowest BCUT2D eigenvalue weighted by atomic mass is 10.1. The van der Waals surface area contributed by atoms with Gasteiger partial charge in [0.05, 0.1) is 4.90 Å². The monoisotopic (exact) mass is 390 g/mol. The second-order valence-corrected chi connectivity index (χ2v) is 9.04. The normalized spacial score (nSPS) is 12.7. The third-order valence-electron chi connectivity index (χ3n) is 3.84. The smallest absolute Gasteiger partial charge is 0.186 e. The zero-order chi connectivity index (χ0) is 17.9. The number of hydrogen-bond donors (Lipinski definition) is 0. The zero-order valence-electron chi connectivity index (χ0n) is 13.1. The van der Waals surface area contributed by atoms with Crippen LogP contribution in [0, 0.1) is 0 Å². The second kappa shape index (κ2) is 7.52. The Morgan fingerprint density at radius 2 is 1.64 bits per heavy atom. The highest BCUT2D eigenvalue weighted by Crippen LogP contribution is 2.35. The van der Waals surface area contributed by atoms with E-state index >= 15 is 0 Å². The number of carbonyl (C=O) groups excluding carboxylic acids is 1. The first-order valence-corrected chi connectivity index (χ1v) is 10.4. The van der Waals surface area contributed by atoms with Gasteiger partial charge in [-0.3, -0.25) is 4.79 Å². The van der Waals surface area contributed by atoms with Crippen LogP contribution in [0.3, 0.4) is 0 Å². The van der Waals surface area contributed by atoms with Crippen LogP contribution in [0.15, 0.2) is 77.0 Å². The van der Waals surface area contributed by atoms with Crippen LogP contribution in [0.4, 0.5) is 0 Å². The van der Waals surface area contributed by atoms with Crippen LogP contribution >= 0.6 is 22.9 Å². The van der Waals surface area contributed by atoms with Gasteiger partial charge >= 0.3 is 0 Å². The van der Waals surface area contributed by atoms with E-state index in [4.69, 9.17) is 11.6 Å². The molecule has 0 saturated heterocycles. The third kappa shape index (κ3) is 4.00. The fourth-order valence-electron chi connectivity index (χ4n) is 2.53. The molecule has 1 heterocycles. The summed E-state index contributed by atoms with van der Waals surface area (Å²) in [5.41, 5.74) is 0.453. The fourth-order valence-corrected chi connectivity index (χ4v) is 5.53. The van der Waals surface area contributed by atoms with Gasteiger partial charge in [0.1, 0.15) is 5.25 Å². The molecule has 128 valence electrons. The molecule has 0 fully saturated rings. The number of ketones is 1. The number of sulfone groups is 1. The molecular formula is C19H15ClO3S2. The van der Waals surface area contributed by atoms with E-state index in [0.29, 0.717) is 15.5 Å². The third-order valence-corrected chi connectivity index (χ3v) is 7.33. The van der Waals surface area contributed by atoms with Crippen molar-refractivity contribution in [3.8, 4) is 0 Å². The summed E-state index contributed by atoms with van der Waals surface area (Å²) in [6.07, 6.45) is -0.112. The quantitative estimate of drug-likeness (QED) is 0.544. The highest BCUT2D eigenvalue weighted by atomic mass is 35.5. The molecule has 1 atom stereocenters. The van der Waals surface area contributed by atoms with Crippen molar-refractivity contribution in [3.05, 3.63) is 87.6 Å². The number of benzene rings is 2. The molecule has 0 saturated carbocycles. The summed E-state index contributed by atoms with van der Waals surface area (Å²) in [4.78, 5) is 13.5. The Hall–Kier alpha value is -1.95. The van der Waals surface area contributed by atoms with E-state index in [1.165, 1.54) is 11.3 Å². The Kier molecular flexibility index (Phi) is 5.37. The summed E-state index contributed by atoms with van der Waals surface area (Å²) >= 11 is 7.19. The zero-order valence-corrected chi connectivity index (χ0v) is 15.5. The number of hydrogen-bond acceptors (Lipinski definition) is 4. The topological polar surface area (TPSA) is 51.2 Å². The Morgan fingerprint density at radius 1 is 0.960 bits per heavy atom. The minimum atomic E-state index is -3.67. The Bertz CT molecular complexity index is 948. The van der Waals surface area contributed by atoms with Crippen LogP contribution in [0.2, 0.25) is 5.02 Å². The van der Waals surface area contributed by atoms with Gasteiger partial charge in [-0.05, 0) is 47.8 Å². The molecule has 6 heteroatoms. The van der Waals surface area contributed by atoms with Gasteiger partial charge in [0, 0.05) is 21.9 Å². The standard InChI is InChI=1S/C19H15ClO3S2/c20-15-10-8-14(9-11-15)17(21)13-19(18-7-4-12-24-18)25(22,23)16-5-2-1-3-6-16/h1-12,19H,13H2. The molecule has 3 rings (SSSR count). The van der Waals surface area contributed by atoms with Crippen LogP contribution in [-0.4, -0.2) is 14.2 Å². The summed E-state index contributed by atoms with van der Waals surface area (Å²) in [6.45, 7) is 0. The highest BCUT2D eigenvalue weighted by molar-refractivity contribution is 7.91. The van der Waals surface area contributed by atoms with Gasteiger partial charge in [-0.25, -0.2) is 8.42 Å². The Balaban J connectivity index is 1.96. The van der Waals surface area contributed by atoms with Gasteiger partial charge in [0.2, 0.25) is 0 Å². The number of thiophene rings is 1. The summed E-state index contributed by atoms with van der Waals surface area (Å²) < 4.78 is 26.2. The van der Waals surface area contributed by atoms with E-state index in [0.717, 1.165) is 0 Å². The molecular weight excluding hydrogens is 376 g/mol. The van der Waals surface area contributed by atoms with Gasteiger partial charge in [0.15, 0.2) is 15.6 Å². The predicted molar refractivity (Wildman–Crippen MR) is 101 cm³/mol. The van der Waals surface area contributed by atoms with Crippen molar-refractivity contribution in [2.24, 2.45) is 0 Å². The van der Waals surface area contributed by atoms with Crippen LogP contribution in [0.1, 0.15) is 26.9 Å². The number of Topliss-reactive ketones (excluding diaryl/α,β-unsaturated/α-hetero) is 1. The Labute approximate surface area is 155 Å². The SMILES string of the molecule is O=C(CC(c1cccs1)S(=O)(=O)c1ccccc1)c1ccc(Cl)cc1. The van der Waals surface area contributed by atoms with E-state index in [9.17, 15) is 13.2 Å². The predicted octanol–water partition coefficient (Wildman–Crippen LogP) is 5.19. The van der Waals surface area contributed by atoms with Crippen molar-refractivity contribution in [1.82, 2.24) is 0 Å². The lowest BCUT2D eigenvalue weighted by Crippen LogP contribution is -2.17. The molecule has 1 unspecified atom stereocenters. The van der Waals surface area contributed by atoms with Crippen LogP contribution in [0.5, 0.6) is 0 Å². The molecule has 2 aromatic carbocycles. The van der Waals surface area contributed by atoms with E-state index < -0.39 is 15.1 Å². The van der Waals surface area contributed by atoms with Crippen LogP contribution < -0.4 is 0 Å². The van der Waals surface area contributed by atoms with Crippen molar-refractivity contribution in [2.75, 3.05) is 0 Å². The average Bonchev–Trinajstić information content (AvgIpc) is 3.15. The van der Waals surface area contributed by atoms with Gasteiger partial charge < -0.3 is 0 Å². The lowest BCUT2D eigenvalue weighted by Gasteiger charge is -2.16. The molecule has 0 amide bonds. The molecule has 0 spiro atoms. The molecule has 0 bridgehead atoms. The van der Waals surface area contributed by atoms with Crippen molar-refractivity contribution in [2.45, 2.75) is 16.6 Å². The summed E-state index contributed by atoms with van der Waals surface area (Å²) in [6, 6.07) is 18.3. The first-order chi connectivity index (χ1) is 12.0. The molecule has 0 aliphatic rings. The minimum Gasteiger partial charge on any atom is -0.294 e. The van der Waals surface area contributed by atoms with Crippen molar-refractivity contribution >= 4 is 38.6 Å². The largest absolute Gasteiger partial charge is 0.294 e. The minimum absolute atomic E-state index is 0.112. The molecule has 25 heavy (non-hydrogen) atoms. The van der Waals surface area contributed by atoms with Crippen molar-refractivity contribution < 1.29 is 13.2 Å². The van der Waals surface area contributed by atoms with Gasteiger partial charge in [-0.2, -0.15) is 0 Å². The van der Waals surface area contributed by atoms with Gasteiger partial charge in [0.25, 0.3) is 0 Å². The molecule has 0 aliphatic carbocycles.